The molecule has 5 saturated carbocycles. The van der Waals surface area contributed by atoms with Crippen LogP contribution in [0.5, 0.6) is 0 Å². The fraction of sp³-hybridized carbons (Fsp3) is 0.857. The summed E-state index contributed by atoms with van der Waals surface area (Å²) in [6.07, 6.45) is 0.610. The third-order valence-electron chi connectivity index (χ3n) is 7.76. The van der Waals surface area contributed by atoms with Crippen LogP contribution in [-0.4, -0.2) is 59.1 Å². The van der Waals surface area contributed by atoms with Crippen LogP contribution in [0.3, 0.4) is 0 Å². The molecule has 4 bridgehead atoms. The Hall–Kier alpha value is -1.60. The largest absolute Gasteiger partial charge is 0.456 e. The molecule has 200 valence electrons. The van der Waals surface area contributed by atoms with E-state index in [9.17, 15) is 48.7 Å². The minimum absolute atomic E-state index is 0.00491. The molecule has 5 aliphatic carbocycles. The third-order valence-corrected chi connectivity index (χ3v) is 7.76. The summed E-state index contributed by atoms with van der Waals surface area (Å²) in [6, 6.07) is 0. The molecular weight excluding hydrogens is 509 g/mol. The highest BCUT2D eigenvalue weighted by Gasteiger charge is 3.01. The van der Waals surface area contributed by atoms with Crippen LogP contribution in [0.1, 0.15) is 45.4 Å². The zero-order valence-corrected chi connectivity index (χ0v) is 18.2. The molecule has 3 nitrogen and oxygen atoms in total. The minimum atomic E-state index is -7.26. The Morgan fingerprint density at radius 3 is 1.57 bits per heavy atom. The van der Waals surface area contributed by atoms with Crippen LogP contribution in [-0.2, 0) is 14.3 Å². The van der Waals surface area contributed by atoms with Crippen molar-refractivity contribution in [1.82, 2.24) is 0 Å². The lowest BCUT2D eigenvalue weighted by atomic mass is 9.52. The smallest absolute Gasteiger partial charge is 0.384 e. The van der Waals surface area contributed by atoms with Gasteiger partial charge in [-0.3, -0.25) is 0 Å². The summed E-state index contributed by atoms with van der Waals surface area (Å²) in [6.45, 7) is 2.05. The van der Waals surface area contributed by atoms with Gasteiger partial charge in [0.25, 0.3) is 5.67 Å². The summed E-state index contributed by atoms with van der Waals surface area (Å²) in [5.41, 5.74) is -9.21. The van der Waals surface area contributed by atoms with Crippen LogP contribution in [0.15, 0.2) is 12.2 Å². The molecule has 35 heavy (non-hydrogen) atoms. The van der Waals surface area contributed by atoms with Gasteiger partial charge in [0.1, 0.15) is 5.60 Å². The van der Waals surface area contributed by atoms with Crippen molar-refractivity contribution < 1.29 is 62.6 Å². The molecule has 5 fully saturated rings. The number of ether oxygens (including phenoxy) is 2. The second-order valence-electron chi connectivity index (χ2n) is 10.5. The minimum Gasteiger partial charge on any atom is -0.456 e. The van der Waals surface area contributed by atoms with Gasteiger partial charge in [0.05, 0.1) is 12.2 Å². The Morgan fingerprint density at radius 1 is 0.743 bits per heavy atom. The van der Waals surface area contributed by atoms with Crippen LogP contribution >= 0.6 is 0 Å². The maximum Gasteiger partial charge on any atom is 0.384 e. The molecule has 0 amide bonds. The first-order valence-corrected chi connectivity index (χ1v) is 10.7. The zero-order valence-electron chi connectivity index (χ0n) is 18.2. The van der Waals surface area contributed by atoms with Crippen molar-refractivity contribution in [1.29, 1.82) is 0 Å². The van der Waals surface area contributed by atoms with Crippen LogP contribution in [0.2, 0.25) is 0 Å². The van der Waals surface area contributed by atoms with Gasteiger partial charge in [-0.05, 0) is 50.9 Å². The topological polar surface area (TPSA) is 35.5 Å². The van der Waals surface area contributed by atoms with Crippen molar-refractivity contribution in [2.75, 3.05) is 6.61 Å². The van der Waals surface area contributed by atoms with Gasteiger partial charge in [-0.1, -0.05) is 6.58 Å². The van der Waals surface area contributed by atoms with Crippen molar-refractivity contribution in [2.24, 2.45) is 11.8 Å². The van der Waals surface area contributed by atoms with E-state index in [1.165, 1.54) is 6.92 Å². The molecule has 0 aromatic heterocycles. The number of alkyl halides is 11. The van der Waals surface area contributed by atoms with E-state index in [0.29, 0.717) is 6.42 Å². The highest BCUT2D eigenvalue weighted by Crippen LogP contribution is 2.70. The molecule has 0 saturated heterocycles. The second kappa shape index (κ2) is 7.03. The van der Waals surface area contributed by atoms with E-state index < -0.39 is 59.1 Å². The Balaban J connectivity index is 1.68. The van der Waals surface area contributed by atoms with Gasteiger partial charge in [-0.25, -0.2) is 9.18 Å². The molecular formula is C21H21F11O3. The van der Waals surface area contributed by atoms with E-state index in [2.05, 4.69) is 6.58 Å². The summed E-state index contributed by atoms with van der Waals surface area (Å²) in [4.78, 5) is 12.1. The van der Waals surface area contributed by atoms with Crippen LogP contribution in [0, 0.1) is 11.8 Å². The van der Waals surface area contributed by atoms with Gasteiger partial charge >= 0.3 is 35.6 Å². The standard InChI is InChI=1S/C21H21F11O3/c1-10(2)13(33)35-15-6-11-3-12(7-15)5-14(4-11,8-15)34-9-16(22)17(23,24)19(27,28)21(31,32)20(29,30)18(16,25)26/h11-12H,1,3-9H2,2H3. The summed E-state index contributed by atoms with van der Waals surface area (Å²) in [7, 11) is 0. The van der Waals surface area contributed by atoms with Crippen molar-refractivity contribution >= 4 is 5.97 Å². The average molecular weight is 530 g/mol. The average Bonchev–Trinajstić information content (AvgIpc) is 2.69. The van der Waals surface area contributed by atoms with Crippen molar-refractivity contribution in [3.05, 3.63) is 12.2 Å². The predicted octanol–water partition coefficient (Wildman–Crippen LogP) is 6.11. The molecule has 0 spiro atoms. The molecule has 2 atom stereocenters. The molecule has 0 aromatic carbocycles. The highest BCUT2D eigenvalue weighted by atomic mass is 19.4. The lowest BCUT2D eigenvalue weighted by Gasteiger charge is -2.61. The maximum atomic E-state index is 15.1. The van der Waals surface area contributed by atoms with Gasteiger partial charge in [0.15, 0.2) is 0 Å². The molecule has 5 rings (SSSR count). The molecule has 0 N–H and O–H groups in total. The van der Waals surface area contributed by atoms with Gasteiger partial charge < -0.3 is 9.47 Å². The van der Waals surface area contributed by atoms with E-state index >= 15 is 4.39 Å². The van der Waals surface area contributed by atoms with Crippen molar-refractivity contribution in [2.45, 2.75) is 91.9 Å². The molecule has 0 aliphatic heterocycles. The second-order valence-corrected chi connectivity index (χ2v) is 10.5. The fourth-order valence-corrected chi connectivity index (χ4v) is 6.39. The van der Waals surface area contributed by atoms with Gasteiger partial charge in [-0.15, -0.1) is 0 Å². The van der Waals surface area contributed by atoms with Crippen LogP contribution in [0.25, 0.3) is 0 Å². The fourth-order valence-electron chi connectivity index (χ4n) is 6.39. The number of carbonyl (C=O) groups excluding carboxylic acids is 1. The summed E-state index contributed by atoms with van der Waals surface area (Å²) in [5.74, 6) is -36.9. The Kier molecular flexibility index (Phi) is 5.32. The van der Waals surface area contributed by atoms with E-state index in [4.69, 9.17) is 9.47 Å². The van der Waals surface area contributed by atoms with Gasteiger partial charge in [-0.2, -0.15) is 43.9 Å². The first-order valence-electron chi connectivity index (χ1n) is 10.7. The van der Waals surface area contributed by atoms with E-state index in [1.807, 2.05) is 0 Å². The van der Waals surface area contributed by atoms with Crippen molar-refractivity contribution in [3.8, 4) is 0 Å². The molecule has 2 unspecified atom stereocenters. The monoisotopic (exact) mass is 530 g/mol. The first-order chi connectivity index (χ1) is 15.6. The molecule has 5 aliphatic rings. The third kappa shape index (κ3) is 3.09. The van der Waals surface area contributed by atoms with Crippen molar-refractivity contribution in [3.63, 3.8) is 0 Å². The van der Waals surface area contributed by atoms with E-state index in [1.54, 1.807) is 0 Å². The lowest BCUT2D eigenvalue weighted by Crippen LogP contribution is -2.84. The number of rotatable bonds is 5. The lowest BCUT2D eigenvalue weighted by molar-refractivity contribution is -0.489. The number of halogens is 11. The SMILES string of the molecule is C=C(C)C(=O)OC12CC3CC(CC(OCC4(F)C(F)(F)C(F)(F)C(F)(F)C(F)(F)C4(F)F)(C3)C1)C2. The van der Waals surface area contributed by atoms with Gasteiger partial charge in [0, 0.05) is 12.0 Å². The van der Waals surface area contributed by atoms with Crippen LogP contribution < -0.4 is 0 Å². The summed E-state index contributed by atoms with van der Waals surface area (Å²) >= 11 is 0. The quantitative estimate of drug-likeness (QED) is 0.245. The normalized spacial score (nSPS) is 40.8. The Bertz CT molecular complexity index is 901. The number of hydrogen-bond acceptors (Lipinski definition) is 3. The van der Waals surface area contributed by atoms with Crippen LogP contribution in [0.4, 0.5) is 48.3 Å². The zero-order chi connectivity index (χ0) is 26.7. The summed E-state index contributed by atoms with van der Waals surface area (Å²) < 4.78 is 165. The van der Waals surface area contributed by atoms with E-state index in [-0.39, 0.29) is 49.5 Å². The van der Waals surface area contributed by atoms with Gasteiger partial charge in [0.2, 0.25) is 0 Å². The number of esters is 1. The molecule has 0 radical (unpaired) electrons. The molecule has 14 heteroatoms. The molecule has 0 heterocycles. The Labute approximate surface area is 192 Å². The van der Waals surface area contributed by atoms with E-state index in [0.717, 1.165) is 0 Å². The Morgan fingerprint density at radius 2 is 1.14 bits per heavy atom. The number of hydrogen-bond donors (Lipinski definition) is 0. The maximum absolute atomic E-state index is 15.1. The predicted molar refractivity (Wildman–Crippen MR) is 95.6 cm³/mol. The first kappa shape index (κ1) is 26.5. The number of carbonyl (C=O) groups is 1. The highest BCUT2D eigenvalue weighted by molar-refractivity contribution is 5.87. The molecule has 0 aromatic rings. The summed E-state index contributed by atoms with van der Waals surface area (Å²) in [5, 5.41) is 0.